The Kier molecular flexibility index (Phi) is 4.43. The smallest absolute Gasteiger partial charge is 0.00601 e. The van der Waals surface area contributed by atoms with Crippen LogP contribution in [0.5, 0.6) is 0 Å². The van der Waals surface area contributed by atoms with Gasteiger partial charge in [-0.1, -0.05) is 93.9 Å². The molecule has 0 amide bonds. The molecule has 1 unspecified atom stereocenters. The molecule has 120 valence electrons. The highest BCUT2D eigenvalue weighted by atomic mass is 14.3. The third-order valence-corrected chi connectivity index (χ3v) is 5.07. The fraction of sp³-hybridized carbons (Fsp3) is 0.391. The van der Waals surface area contributed by atoms with Gasteiger partial charge in [-0.25, -0.2) is 0 Å². The Balaban J connectivity index is 1.90. The van der Waals surface area contributed by atoms with Gasteiger partial charge in [0.2, 0.25) is 0 Å². The lowest BCUT2D eigenvalue weighted by Crippen LogP contribution is -2.19. The highest BCUT2D eigenvalue weighted by Crippen LogP contribution is 2.45. The van der Waals surface area contributed by atoms with Gasteiger partial charge in [0.15, 0.2) is 0 Å². The summed E-state index contributed by atoms with van der Waals surface area (Å²) in [6, 6.07) is 19.9. The van der Waals surface area contributed by atoms with Crippen LogP contribution in [-0.4, -0.2) is 0 Å². The van der Waals surface area contributed by atoms with Crippen LogP contribution in [0.1, 0.15) is 63.1 Å². The van der Waals surface area contributed by atoms with E-state index in [9.17, 15) is 0 Å². The van der Waals surface area contributed by atoms with Crippen molar-refractivity contribution in [2.45, 2.75) is 51.9 Å². The van der Waals surface area contributed by atoms with E-state index in [2.05, 4.69) is 88.4 Å². The van der Waals surface area contributed by atoms with Gasteiger partial charge in [-0.2, -0.15) is 0 Å². The number of allylic oxidation sites excluding steroid dienone is 1. The quantitative estimate of drug-likeness (QED) is 0.585. The zero-order valence-corrected chi connectivity index (χ0v) is 14.8. The van der Waals surface area contributed by atoms with Crippen LogP contribution in [0.25, 0.3) is 6.08 Å². The molecule has 1 atom stereocenters. The first-order chi connectivity index (χ1) is 11.0. The Labute approximate surface area is 141 Å². The minimum atomic E-state index is 0.171. The predicted molar refractivity (Wildman–Crippen MR) is 101 cm³/mol. The molecule has 0 fully saturated rings. The fourth-order valence-electron chi connectivity index (χ4n) is 3.89. The Morgan fingerprint density at radius 2 is 1.57 bits per heavy atom. The summed E-state index contributed by atoms with van der Waals surface area (Å²) in [5.41, 5.74) is 6.16. The lowest BCUT2D eigenvalue weighted by molar-refractivity contribution is 0.475. The number of rotatable bonds is 5. The fourth-order valence-corrected chi connectivity index (χ4v) is 3.89. The molecule has 0 N–H and O–H groups in total. The maximum Gasteiger partial charge on any atom is 0.00601 e. The van der Waals surface area contributed by atoms with Crippen molar-refractivity contribution in [1.82, 2.24) is 0 Å². The first kappa shape index (κ1) is 16.1. The molecule has 3 rings (SSSR count). The van der Waals surface area contributed by atoms with Crippen molar-refractivity contribution >= 4 is 6.08 Å². The van der Waals surface area contributed by atoms with Gasteiger partial charge in [0, 0.05) is 5.92 Å². The molecule has 0 radical (unpaired) electrons. The van der Waals surface area contributed by atoms with Crippen molar-refractivity contribution in [2.24, 2.45) is 5.92 Å². The van der Waals surface area contributed by atoms with Gasteiger partial charge < -0.3 is 0 Å². The summed E-state index contributed by atoms with van der Waals surface area (Å²) in [5, 5.41) is 0. The number of fused-ring (bicyclic) bond motifs is 1. The third-order valence-electron chi connectivity index (χ3n) is 5.07. The van der Waals surface area contributed by atoms with Gasteiger partial charge in [-0.15, -0.1) is 0 Å². The molecule has 23 heavy (non-hydrogen) atoms. The normalized spacial score (nSPS) is 17.3. The summed E-state index contributed by atoms with van der Waals surface area (Å²) < 4.78 is 0. The molecule has 0 saturated carbocycles. The highest BCUT2D eigenvalue weighted by molar-refractivity contribution is 5.66. The second-order valence-corrected chi connectivity index (χ2v) is 7.96. The van der Waals surface area contributed by atoms with E-state index in [4.69, 9.17) is 0 Å². The van der Waals surface area contributed by atoms with Crippen LogP contribution in [0, 0.1) is 5.92 Å². The van der Waals surface area contributed by atoms with Gasteiger partial charge in [0.25, 0.3) is 0 Å². The van der Waals surface area contributed by atoms with Crippen LogP contribution in [-0.2, 0) is 5.41 Å². The molecule has 2 aromatic rings. The summed E-state index contributed by atoms with van der Waals surface area (Å²) in [6.07, 6.45) is 4.82. The lowest BCUT2D eigenvalue weighted by atomic mass is 9.75. The SMILES string of the molecule is CC(C)CC1C(CC(C)(C)c2ccccc2)=Cc2ccccc21. The van der Waals surface area contributed by atoms with E-state index in [1.54, 1.807) is 5.57 Å². The maximum atomic E-state index is 2.45. The average molecular weight is 304 g/mol. The van der Waals surface area contributed by atoms with Gasteiger partial charge in [0.05, 0.1) is 0 Å². The molecule has 0 saturated heterocycles. The number of hydrogen-bond donors (Lipinski definition) is 0. The monoisotopic (exact) mass is 304 g/mol. The maximum absolute atomic E-state index is 2.45. The van der Waals surface area contributed by atoms with Gasteiger partial charge in [-0.05, 0) is 40.9 Å². The van der Waals surface area contributed by atoms with Crippen LogP contribution < -0.4 is 0 Å². The van der Waals surface area contributed by atoms with E-state index in [-0.39, 0.29) is 5.41 Å². The molecule has 0 nitrogen and oxygen atoms in total. The van der Waals surface area contributed by atoms with Gasteiger partial charge in [0.1, 0.15) is 0 Å². The molecule has 0 aromatic heterocycles. The standard InChI is InChI=1S/C23H28/c1-17(2)14-22-19(15-18-10-8-9-13-21(18)22)16-23(3,4)20-11-6-5-7-12-20/h5-13,15,17,22H,14,16H2,1-4H3. The van der Waals surface area contributed by atoms with Crippen molar-refractivity contribution < 1.29 is 0 Å². The van der Waals surface area contributed by atoms with E-state index >= 15 is 0 Å². The Morgan fingerprint density at radius 1 is 0.913 bits per heavy atom. The Hall–Kier alpha value is -1.82. The Morgan fingerprint density at radius 3 is 2.26 bits per heavy atom. The summed E-state index contributed by atoms with van der Waals surface area (Å²) in [4.78, 5) is 0. The molecule has 0 heterocycles. The molecule has 0 bridgehead atoms. The highest BCUT2D eigenvalue weighted by Gasteiger charge is 2.30. The zero-order valence-electron chi connectivity index (χ0n) is 14.8. The first-order valence-electron chi connectivity index (χ1n) is 8.82. The van der Waals surface area contributed by atoms with Crippen molar-refractivity contribution in [2.75, 3.05) is 0 Å². The van der Waals surface area contributed by atoms with Crippen LogP contribution in [0.3, 0.4) is 0 Å². The van der Waals surface area contributed by atoms with Gasteiger partial charge in [-0.3, -0.25) is 0 Å². The van der Waals surface area contributed by atoms with Crippen molar-refractivity contribution in [1.29, 1.82) is 0 Å². The van der Waals surface area contributed by atoms with Crippen LogP contribution >= 0.6 is 0 Å². The largest absolute Gasteiger partial charge is 0.0627 e. The third kappa shape index (κ3) is 3.42. The van der Waals surface area contributed by atoms with Gasteiger partial charge >= 0.3 is 0 Å². The van der Waals surface area contributed by atoms with Crippen molar-refractivity contribution in [3.63, 3.8) is 0 Å². The van der Waals surface area contributed by atoms with Crippen LogP contribution in [0.15, 0.2) is 60.2 Å². The second-order valence-electron chi connectivity index (χ2n) is 7.96. The molecular weight excluding hydrogens is 276 g/mol. The minimum Gasteiger partial charge on any atom is -0.0627 e. The summed E-state index contributed by atoms with van der Waals surface area (Å²) in [6.45, 7) is 9.42. The zero-order chi connectivity index (χ0) is 16.4. The molecule has 0 aliphatic heterocycles. The molecule has 0 spiro atoms. The topological polar surface area (TPSA) is 0 Å². The summed E-state index contributed by atoms with van der Waals surface area (Å²) >= 11 is 0. The van der Waals surface area contributed by atoms with E-state index < -0.39 is 0 Å². The first-order valence-corrected chi connectivity index (χ1v) is 8.82. The van der Waals surface area contributed by atoms with E-state index in [1.807, 2.05) is 0 Å². The van der Waals surface area contributed by atoms with Crippen molar-refractivity contribution in [3.05, 3.63) is 76.9 Å². The van der Waals surface area contributed by atoms with E-state index in [0.29, 0.717) is 5.92 Å². The minimum absolute atomic E-state index is 0.171. The molecular formula is C23H28. The van der Waals surface area contributed by atoms with Crippen LogP contribution in [0.4, 0.5) is 0 Å². The van der Waals surface area contributed by atoms with Crippen LogP contribution in [0.2, 0.25) is 0 Å². The summed E-state index contributed by atoms with van der Waals surface area (Å²) in [5.74, 6) is 1.31. The summed E-state index contributed by atoms with van der Waals surface area (Å²) in [7, 11) is 0. The molecule has 1 aliphatic rings. The molecule has 2 aromatic carbocycles. The second kappa shape index (κ2) is 6.35. The van der Waals surface area contributed by atoms with E-state index in [0.717, 1.165) is 12.3 Å². The predicted octanol–water partition coefficient (Wildman–Crippen LogP) is 6.58. The number of benzene rings is 2. The van der Waals surface area contributed by atoms with Crippen molar-refractivity contribution in [3.8, 4) is 0 Å². The lowest BCUT2D eigenvalue weighted by Gasteiger charge is -2.29. The number of hydrogen-bond acceptors (Lipinski definition) is 0. The molecule has 1 aliphatic carbocycles. The van der Waals surface area contributed by atoms with E-state index in [1.165, 1.54) is 23.1 Å². The average Bonchev–Trinajstić information content (AvgIpc) is 2.85. The Bertz CT molecular complexity index is 689. The molecule has 0 heteroatoms.